The monoisotopic (exact) mass is 701 g/mol. The minimum absolute atomic E-state index is 0.0485. The van der Waals surface area contributed by atoms with E-state index in [1.54, 1.807) is 12.1 Å². The Bertz CT molecular complexity index is 1800. The predicted octanol–water partition coefficient (Wildman–Crippen LogP) is 7.79. The highest BCUT2D eigenvalue weighted by Crippen LogP contribution is 2.53. The molecule has 4 atom stereocenters. The number of benzene rings is 2. The van der Waals surface area contributed by atoms with Gasteiger partial charge in [0.1, 0.15) is 18.1 Å². The number of rotatable bonds is 8. The highest BCUT2D eigenvalue weighted by atomic mass is 19.4. The number of furan rings is 1. The normalized spacial score (nSPS) is 23.2. The lowest BCUT2D eigenvalue weighted by atomic mass is 9.57. The first-order valence-electron chi connectivity index (χ1n) is 16.3. The fourth-order valence-corrected chi connectivity index (χ4v) is 7.54. The Morgan fingerprint density at radius 1 is 0.960 bits per heavy atom. The summed E-state index contributed by atoms with van der Waals surface area (Å²) in [6, 6.07) is 13.6. The lowest BCUT2D eigenvalue weighted by Crippen LogP contribution is -2.46. The van der Waals surface area contributed by atoms with Crippen LogP contribution in [0.15, 0.2) is 76.2 Å². The summed E-state index contributed by atoms with van der Waals surface area (Å²) in [5, 5.41) is 20.4. The second kappa shape index (κ2) is 13.5. The van der Waals surface area contributed by atoms with Crippen molar-refractivity contribution in [2.24, 2.45) is 23.7 Å². The fourth-order valence-electron chi connectivity index (χ4n) is 7.54. The van der Waals surface area contributed by atoms with E-state index < -0.39 is 72.0 Å². The van der Waals surface area contributed by atoms with Crippen LogP contribution in [0.2, 0.25) is 6.32 Å². The van der Waals surface area contributed by atoms with Gasteiger partial charge in [-0.3, -0.25) is 9.59 Å². The van der Waals surface area contributed by atoms with Crippen LogP contribution in [-0.2, 0) is 33.2 Å². The summed E-state index contributed by atoms with van der Waals surface area (Å²) in [7, 11) is -1.34. The summed E-state index contributed by atoms with van der Waals surface area (Å²) in [6.07, 6.45) is -8.48. The van der Waals surface area contributed by atoms with Gasteiger partial charge in [-0.25, -0.2) is 4.90 Å². The number of alkyl halides is 6. The van der Waals surface area contributed by atoms with Crippen LogP contribution in [0.4, 0.5) is 32.0 Å². The van der Waals surface area contributed by atoms with Crippen molar-refractivity contribution in [1.82, 2.24) is 0 Å². The maximum absolute atomic E-state index is 14.1. The van der Waals surface area contributed by atoms with Crippen molar-refractivity contribution in [3.05, 3.63) is 100 Å². The molecule has 1 aliphatic carbocycles. The number of nitrogens with zero attached hydrogens (tertiary/aromatic N) is 1. The standard InChI is InChI=1S/C36H34BF6NO6/c1-19(2)27-16-28-32(34(47)44(33(28)46)24-14-22(35(38,39)40)13-23(15-24)36(41,42)43)29-17-37(48)50-30(31(27)29)11-8-21(20-6-4-3-5-7-20)12-25-9-10-26(18-45)49-25/h3-7,9-10,12-15,19,28-30,32,45,48H,8,11,16-18H2,1-2H3/b21-12-/t28-,29+,30-,32-/m1/s1. The number of aliphatic hydroxyl groups is 1. The number of halogens is 6. The molecule has 0 bridgehead atoms. The van der Waals surface area contributed by atoms with E-state index in [2.05, 4.69) is 0 Å². The molecule has 6 rings (SSSR count). The third-order valence-corrected chi connectivity index (χ3v) is 9.75. The second-order valence-electron chi connectivity index (χ2n) is 13.2. The molecule has 2 fully saturated rings. The molecule has 3 aliphatic rings. The molecule has 14 heteroatoms. The van der Waals surface area contributed by atoms with Crippen molar-refractivity contribution in [3.63, 3.8) is 0 Å². The van der Waals surface area contributed by atoms with Gasteiger partial charge < -0.3 is 19.2 Å². The maximum atomic E-state index is 14.1. The predicted molar refractivity (Wildman–Crippen MR) is 172 cm³/mol. The van der Waals surface area contributed by atoms with Crippen molar-refractivity contribution < 1.29 is 55.1 Å². The highest BCUT2D eigenvalue weighted by molar-refractivity contribution is 6.43. The van der Waals surface area contributed by atoms with E-state index in [-0.39, 0.29) is 31.3 Å². The average molecular weight is 701 g/mol. The third kappa shape index (κ3) is 6.93. The maximum Gasteiger partial charge on any atom is 0.455 e. The smallest absolute Gasteiger partial charge is 0.455 e. The van der Waals surface area contributed by atoms with Crippen molar-refractivity contribution >= 4 is 36.3 Å². The molecule has 7 nitrogen and oxygen atoms in total. The largest absolute Gasteiger partial charge is 0.459 e. The Morgan fingerprint density at radius 2 is 1.62 bits per heavy atom. The van der Waals surface area contributed by atoms with Crippen molar-refractivity contribution in [3.8, 4) is 0 Å². The molecule has 1 aromatic heterocycles. The Kier molecular flexibility index (Phi) is 9.66. The van der Waals surface area contributed by atoms with Crippen LogP contribution in [-0.4, -0.2) is 35.2 Å². The molecule has 3 heterocycles. The molecule has 2 amide bonds. The molecule has 0 saturated carbocycles. The first-order valence-corrected chi connectivity index (χ1v) is 16.3. The van der Waals surface area contributed by atoms with Crippen LogP contribution in [0.3, 0.4) is 0 Å². The van der Waals surface area contributed by atoms with Crippen LogP contribution in [0.25, 0.3) is 11.6 Å². The Morgan fingerprint density at radius 3 is 2.20 bits per heavy atom. The zero-order valence-corrected chi connectivity index (χ0v) is 27.1. The molecule has 0 radical (unpaired) electrons. The topological polar surface area (TPSA) is 100 Å². The molecule has 3 aromatic rings. The van der Waals surface area contributed by atoms with Gasteiger partial charge in [-0.1, -0.05) is 49.8 Å². The third-order valence-electron chi connectivity index (χ3n) is 9.75. The quantitative estimate of drug-likeness (QED) is 0.108. The van der Waals surface area contributed by atoms with Gasteiger partial charge in [-0.15, -0.1) is 0 Å². The minimum atomic E-state index is -5.17. The second-order valence-corrected chi connectivity index (χ2v) is 13.2. The van der Waals surface area contributed by atoms with Gasteiger partial charge in [0.25, 0.3) is 0 Å². The van der Waals surface area contributed by atoms with E-state index in [9.17, 15) is 46.1 Å². The molecule has 2 N–H and O–H groups in total. The van der Waals surface area contributed by atoms with Crippen LogP contribution in [0.1, 0.15) is 61.3 Å². The van der Waals surface area contributed by atoms with Crippen molar-refractivity contribution in [1.29, 1.82) is 0 Å². The SMILES string of the molecule is CC(C)C1=C2[C@@H](CC/C(=C/c3ccc(CO)o3)c3ccccc3)OB(O)C[C@@H]2[C@@H]2C(=O)N(c3cc(C(F)(F)F)cc(C(F)(F)F)c3)C(=O)[C@@H]2C1. The van der Waals surface area contributed by atoms with Gasteiger partial charge in [0.05, 0.1) is 34.8 Å². The van der Waals surface area contributed by atoms with Crippen LogP contribution < -0.4 is 4.90 Å². The molecule has 50 heavy (non-hydrogen) atoms. The molecular weight excluding hydrogens is 667 g/mol. The number of imide groups is 1. The zero-order valence-electron chi connectivity index (χ0n) is 27.1. The molecule has 0 spiro atoms. The van der Waals surface area contributed by atoms with Gasteiger partial charge in [-0.2, -0.15) is 26.3 Å². The Labute approximate surface area is 284 Å². The first-order chi connectivity index (χ1) is 23.6. The number of hydrogen-bond acceptors (Lipinski definition) is 6. The number of carbonyl (C=O) groups is 2. The van der Waals surface area contributed by atoms with Crippen molar-refractivity contribution in [2.45, 2.75) is 64.5 Å². The van der Waals surface area contributed by atoms with Gasteiger partial charge in [-0.05, 0) is 90.5 Å². The zero-order chi connectivity index (χ0) is 36.1. The summed E-state index contributed by atoms with van der Waals surface area (Å²) >= 11 is 0. The van der Waals surface area contributed by atoms with Gasteiger partial charge in [0.15, 0.2) is 0 Å². The lowest BCUT2D eigenvalue weighted by molar-refractivity contribution is -0.143. The van der Waals surface area contributed by atoms with E-state index in [1.807, 2.05) is 50.3 Å². The van der Waals surface area contributed by atoms with Crippen molar-refractivity contribution in [2.75, 3.05) is 4.90 Å². The van der Waals surface area contributed by atoms with Gasteiger partial charge >= 0.3 is 19.5 Å². The molecular formula is C36H34BF6NO6. The Balaban J connectivity index is 1.35. The fraction of sp³-hybridized carbons (Fsp3) is 0.389. The number of amides is 2. The van der Waals surface area contributed by atoms with Crippen LogP contribution >= 0.6 is 0 Å². The van der Waals surface area contributed by atoms with Gasteiger partial charge in [0.2, 0.25) is 11.8 Å². The first kappa shape index (κ1) is 35.7. The van der Waals surface area contributed by atoms with Gasteiger partial charge in [0, 0.05) is 0 Å². The molecule has 2 saturated heterocycles. The number of fused-ring (bicyclic) bond motifs is 3. The average Bonchev–Trinajstić information content (AvgIpc) is 3.62. The number of allylic oxidation sites excluding steroid dienone is 2. The summed E-state index contributed by atoms with van der Waals surface area (Å²) in [5.74, 6) is -3.94. The minimum Gasteiger partial charge on any atom is -0.459 e. The van der Waals surface area contributed by atoms with Crippen LogP contribution in [0.5, 0.6) is 0 Å². The van der Waals surface area contributed by atoms with E-state index in [0.717, 1.165) is 22.3 Å². The molecule has 264 valence electrons. The number of hydrogen-bond donors (Lipinski definition) is 2. The van der Waals surface area contributed by atoms with Crippen LogP contribution in [0, 0.1) is 23.7 Å². The summed E-state index contributed by atoms with van der Waals surface area (Å²) in [6.45, 7) is 3.52. The molecule has 2 aliphatic heterocycles. The number of anilines is 1. The number of carbonyl (C=O) groups excluding carboxylic acids is 2. The Hall–Kier alpha value is -4.14. The lowest BCUT2D eigenvalue weighted by Gasteiger charge is -2.44. The van der Waals surface area contributed by atoms with E-state index >= 15 is 0 Å². The number of aliphatic hydroxyl groups excluding tert-OH is 1. The van der Waals surface area contributed by atoms with E-state index in [0.29, 0.717) is 41.4 Å². The summed E-state index contributed by atoms with van der Waals surface area (Å²) in [4.78, 5) is 28.4. The summed E-state index contributed by atoms with van der Waals surface area (Å²) in [5.41, 5.74) is -0.796. The highest BCUT2D eigenvalue weighted by Gasteiger charge is 2.58. The van der Waals surface area contributed by atoms with E-state index in [1.165, 1.54) is 0 Å². The van der Waals surface area contributed by atoms with E-state index in [4.69, 9.17) is 9.07 Å². The summed E-state index contributed by atoms with van der Waals surface area (Å²) < 4.78 is 94.1. The molecule has 0 unspecified atom stereocenters. The molecule has 2 aromatic carbocycles.